The summed E-state index contributed by atoms with van der Waals surface area (Å²) in [7, 11) is 0. The highest BCUT2D eigenvalue weighted by molar-refractivity contribution is 5.93. The molecular formula is C25H26NO4-. The number of carbonyl (C=O) groups excluding carboxylic acids is 2. The normalized spacial score (nSPS) is 28.9. The first-order valence-corrected chi connectivity index (χ1v) is 10.8. The van der Waals surface area contributed by atoms with Crippen LogP contribution in [0.15, 0.2) is 48.5 Å². The molecule has 1 N–H and O–H groups in total. The number of carbonyl (C=O) groups is 2. The molecular weight excluding hydrogens is 378 g/mol. The molecule has 5 nitrogen and oxygen atoms in total. The molecule has 2 aromatic rings. The average Bonchev–Trinajstić information content (AvgIpc) is 2.72. The molecule has 0 heterocycles. The van der Waals surface area contributed by atoms with Gasteiger partial charge in [0.1, 0.15) is 5.75 Å². The maximum atomic E-state index is 12.1. The maximum Gasteiger partial charge on any atom is 0.262 e. The third-order valence-corrected chi connectivity index (χ3v) is 7.28. The number of rotatable bonds is 6. The SMILES string of the molecule is O=C(COc1ccc(C23CC4CC(CC(C4)C2)C3)cc1)Nc1ccc(C(=O)[O-])cc1. The molecule has 6 rings (SSSR count). The van der Waals surface area contributed by atoms with Gasteiger partial charge in [-0.3, -0.25) is 4.79 Å². The molecule has 30 heavy (non-hydrogen) atoms. The Kier molecular flexibility index (Phi) is 4.76. The van der Waals surface area contributed by atoms with Crippen LogP contribution in [0.3, 0.4) is 0 Å². The van der Waals surface area contributed by atoms with Crippen LogP contribution >= 0.6 is 0 Å². The van der Waals surface area contributed by atoms with Gasteiger partial charge in [-0.25, -0.2) is 0 Å². The summed E-state index contributed by atoms with van der Waals surface area (Å²) < 4.78 is 5.66. The summed E-state index contributed by atoms with van der Waals surface area (Å²) in [6, 6.07) is 14.2. The van der Waals surface area contributed by atoms with E-state index in [-0.39, 0.29) is 18.1 Å². The molecule has 1 amide bonds. The lowest BCUT2D eigenvalue weighted by molar-refractivity contribution is -0.255. The number of benzene rings is 2. The topological polar surface area (TPSA) is 78.5 Å². The Balaban J connectivity index is 1.18. The summed E-state index contributed by atoms with van der Waals surface area (Å²) >= 11 is 0. The first-order chi connectivity index (χ1) is 14.5. The first kappa shape index (κ1) is 19.2. The Bertz CT molecular complexity index is 913. The average molecular weight is 404 g/mol. The van der Waals surface area contributed by atoms with Crippen molar-refractivity contribution in [1.29, 1.82) is 0 Å². The highest BCUT2D eigenvalue weighted by atomic mass is 16.5. The van der Waals surface area contributed by atoms with Gasteiger partial charge in [-0.2, -0.15) is 0 Å². The largest absolute Gasteiger partial charge is 0.545 e. The van der Waals surface area contributed by atoms with Crippen LogP contribution in [0.1, 0.15) is 54.4 Å². The predicted octanol–water partition coefficient (Wildman–Crippen LogP) is 3.54. The standard InChI is InChI=1S/C25H27NO4/c27-23(26-21-5-1-19(2-6-21)24(28)29)15-30-22-7-3-20(4-8-22)25-12-16-9-17(13-25)11-18(10-16)14-25/h1-8,16-18H,9-15H2,(H,26,27)(H,28,29)/p-1. The van der Waals surface area contributed by atoms with E-state index in [1.807, 2.05) is 12.1 Å². The molecule has 0 unspecified atom stereocenters. The Morgan fingerprint density at radius 2 is 1.47 bits per heavy atom. The summed E-state index contributed by atoms with van der Waals surface area (Å²) in [6.45, 7) is -0.0983. The lowest BCUT2D eigenvalue weighted by atomic mass is 9.48. The number of amides is 1. The van der Waals surface area contributed by atoms with E-state index in [9.17, 15) is 14.7 Å². The van der Waals surface area contributed by atoms with Gasteiger partial charge >= 0.3 is 0 Å². The second-order valence-electron chi connectivity index (χ2n) is 9.42. The minimum Gasteiger partial charge on any atom is -0.545 e. The molecule has 4 fully saturated rings. The zero-order chi connectivity index (χ0) is 20.7. The quantitative estimate of drug-likeness (QED) is 0.799. The molecule has 0 radical (unpaired) electrons. The van der Waals surface area contributed by atoms with E-state index in [0.717, 1.165) is 17.8 Å². The van der Waals surface area contributed by atoms with Crippen molar-refractivity contribution in [3.05, 3.63) is 59.7 Å². The zero-order valence-corrected chi connectivity index (χ0v) is 16.9. The van der Waals surface area contributed by atoms with Gasteiger partial charge in [-0.15, -0.1) is 0 Å². The molecule has 4 aliphatic carbocycles. The van der Waals surface area contributed by atoms with Gasteiger partial charge in [0.15, 0.2) is 6.61 Å². The summed E-state index contributed by atoms with van der Waals surface area (Å²) in [5, 5.41) is 13.5. The summed E-state index contributed by atoms with van der Waals surface area (Å²) in [4.78, 5) is 22.9. The number of hydrogen-bond acceptors (Lipinski definition) is 4. The highest BCUT2D eigenvalue weighted by Gasteiger charge is 2.51. The van der Waals surface area contributed by atoms with E-state index in [1.54, 1.807) is 0 Å². The van der Waals surface area contributed by atoms with Gasteiger partial charge in [-0.1, -0.05) is 24.3 Å². The van der Waals surface area contributed by atoms with E-state index in [4.69, 9.17) is 4.74 Å². The number of ether oxygens (including phenoxy) is 1. The van der Waals surface area contributed by atoms with Crippen molar-refractivity contribution in [2.24, 2.45) is 17.8 Å². The molecule has 4 aliphatic rings. The van der Waals surface area contributed by atoms with Crippen molar-refractivity contribution in [3.8, 4) is 5.75 Å². The van der Waals surface area contributed by atoms with Crippen molar-refractivity contribution in [2.75, 3.05) is 11.9 Å². The monoisotopic (exact) mass is 404 g/mol. The van der Waals surface area contributed by atoms with Crippen molar-refractivity contribution >= 4 is 17.6 Å². The van der Waals surface area contributed by atoms with E-state index in [0.29, 0.717) is 16.9 Å². The van der Waals surface area contributed by atoms with Crippen LogP contribution in [0.25, 0.3) is 0 Å². The maximum absolute atomic E-state index is 12.1. The van der Waals surface area contributed by atoms with Gasteiger partial charge in [0.25, 0.3) is 5.91 Å². The number of carboxylic acids is 1. The fourth-order valence-corrected chi connectivity index (χ4v) is 6.40. The van der Waals surface area contributed by atoms with Crippen LogP contribution in [0, 0.1) is 17.8 Å². The van der Waals surface area contributed by atoms with Crippen molar-refractivity contribution in [3.63, 3.8) is 0 Å². The van der Waals surface area contributed by atoms with E-state index in [2.05, 4.69) is 17.4 Å². The molecule has 0 atom stereocenters. The lowest BCUT2D eigenvalue weighted by Gasteiger charge is -2.57. The molecule has 0 aliphatic heterocycles. The second-order valence-corrected chi connectivity index (χ2v) is 9.42. The molecule has 0 saturated heterocycles. The number of anilines is 1. The van der Waals surface area contributed by atoms with Gasteiger partial charge < -0.3 is 20.0 Å². The molecule has 156 valence electrons. The smallest absolute Gasteiger partial charge is 0.262 e. The minimum atomic E-state index is -1.24. The Labute approximate surface area is 176 Å². The molecule has 5 heteroatoms. The Morgan fingerprint density at radius 3 is 2.00 bits per heavy atom. The molecule has 2 aromatic carbocycles. The molecule has 0 aromatic heterocycles. The van der Waals surface area contributed by atoms with E-state index in [1.165, 1.54) is 68.4 Å². The van der Waals surface area contributed by atoms with Crippen LogP contribution < -0.4 is 15.2 Å². The Hall–Kier alpha value is -2.82. The van der Waals surface area contributed by atoms with Crippen molar-refractivity contribution in [1.82, 2.24) is 0 Å². The predicted molar refractivity (Wildman–Crippen MR) is 111 cm³/mol. The van der Waals surface area contributed by atoms with Gasteiger partial charge in [0.05, 0.1) is 5.97 Å². The highest BCUT2D eigenvalue weighted by Crippen LogP contribution is 2.60. The van der Waals surface area contributed by atoms with Gasteiger partial charge in [0, 0.05) is 5.69 Å². The van der Waals surface area contributed by atoms with Crippen LogP contribution in [-0.2, 0) is 10.2 Å². The van der Waals surface area contributed by atoms with E-state index >= 15 is 0 Å². The van der Waals surface area contributed by atoms with Gasteiger partial charge in [-0.05, 0) is 97.1 Å². The zero-order valence-electron chi connectivity index (χ0n) is 16.9. The number of hydrogen-bond donors (Lipinski definition) is 1. The molecule has 0 spiro atoms. The summed E-state index contributed by atoms with van der Waals surface area (Å²) in [5.74, 6) is 1.89. The number of nitrogens with one attached hydrogen (secondary N) is 1. The van der Waals surface area contributed by atoms with Crippen LogP contribution in [-0.4, -0.2) is 18.5 Å². The number of aromatic carboxylic acids is 1. The molecule has 4 saturated carbocycles. The summed E-state index contributed by atoms with van der Waals surface area (Å²) in [5.41, 5.74) is 2.39. The second kappa shape index (κ2) is 7.46. The third kappa shape index (κ3) is 3.69. The Morgan fingerprint density at radius 1 is 0.900 bits per heavy atom. The lowest BCUT2D eigenvalue weighted by Crippen LogP contribution is -2.48. The third-order valence-electron chi connectivity index (χ3n) is 7.28. The van der Waals surface area contributed by atoms with Crippen LogP contribution in [0.2, 0.25) is 0 Å². The number of carboxylic acid groups (broad SMARTS) is 1. The minimum absolute atomic E-state index is 0.0726. The van der Waals surface area contributed by atoms with E-state index < -0.39 is 5.97 Å². The molecule has 4 bridgehead atoms. The fourth-order valence-electron chi connectivity index (χ4n) is 6.40. The van der Waals surface area contributed by atoms with Crippen molar-refractivity contribution < 1.29 is 19.4 Å². The van der Waals surface area contributed by atoms with Gasteiger partial charge in [0.2, 0.25) is 0 Å². The fraction of sp³-hybridized carbons (Fsp3) is 0.440. The van der Waals surface area contributed by atoms with Crippen molar-refractivity contribution in [2.45, 2.75) is 43.9 Å². The first-order valence-electron chi connectivity index (χ1n) is 10.8. The van der Waals surface area contributed by atoms with Crippen LogP contribution in [0.4, 0.5) is 5.69 Å². The summed E-state index contributed by atoms with van der Waals surface area (Å²) in [6.07, 6.45) is 8.30. The van der Waals surface area contributed by atoms with Crippen LogP contribution in [0.5, 0.6) is 5.75 Å².